The summed E-state index contributed by atoms with van der Waals surface area (Å²) in [7, 11) is 1.73. The summed E-state index contributed by atoms with van der Waals surface area (Å²) >= 11 is 6.68. The van der Waals surface area contributed by atoms with Gasteiger partial charge >= 0.3 is 0 Å². The molecule has 2 N–H and O–H groups in total. The zero-order chi connectivity index (χ0) is 20.9. The molecule has 30 heavy (non-hydrogen) atoms. The molecule has 160 valence electrons. The van der Waals surface area contributed by atoms with E-state index in [1.165, 1.54) is 6.42 Å². The zero-order valence-electron chi connectivity index (χ0n) is 17.4. The number of nitrogens with zero attached hydrogens (tertiary/aromatic N) is 1. The minimum absolute atomic E-state index is 0.0653. The van der Waals surface area contributed by atoms with Crippen molar-refractivity contribution in [1.82, 2.24) is 10.2 Å². The first-order chi connectivity index (χ1) is 14.5. The highest BCUT2D eigenvalue weighted by atomic mass is 35.5. The summed E-state index contributed by atoms with van der Waals surface area (Å²) in [5.41, 5.74) is 2.38. The molecule has 1 amide bonds. The number of carbonyl (C=O) groups excluding carboxylic acids is 1. The second-order valence-corrected chi connectivity index (χ2v) is 9.14. The van der Waals surface area contributed by atoms with Crippen LogP contribution in [0.3, 0.4) is 0 Å². The monoisotopic (exact) mass is 429 g/mol. The van der Waals surface area contributed by atoms with Gasteiger partial charge in [0, 0.05) is 31.1 Å². The second kappa shape index (κ2) is 7.50. The molecular weight excluding hydrogens is 402 g/mol. The van der Waals surface area contributed by atoms with Crippen molar-refractivity contribution in [2.75, 3.05) is 25.5 Å². The summed E-state index contributed by atoms with van der Waals surface area (Å²) in [5, 5.41) is 8.39. The molecule has 1 saturated heterocycles. The predicted octanol–water partition coefficient (Wildman–Crippen LogP) is 4.98. The van der Waals surface area contributed by atoms with E-state index in [0.29, 0.717) is 23.9 Å². The number of hydrogen-bond donors (Lipinski definition) is 2. The minimum atomic E-state index is -0.256. The molecule has 0 radical (unpaired) electrons. The Morgan fingerprint density at radius 3 is 2.70 bits per heavy atom. The van der Waals surface area contributed by atoms with Gasteiger partial charge in [0.1, 0.15) is 5.58 Å². The average Bonchev–Trinajstić information content (AvgIpc) is 3.17. The number of likely N-dealkylation sites (tertiary alicyclic amines) is 1. The summed E-state index contributed by atoms with van der Waals surface area (Å²) in [5.74, 6) is 1.07. The van der Waals surface area contributed by atoms with Gasteiger partial charge in [-0.05, 0) is 37.8 Å². The fraction of sp³-hybridized carbons (Fsp3) is 0.522. The maximum absolute atomic E-state index is 13.2. The van der Waals surface area contributed by atoms with Crippen LogP contribution in [-0.4, -0.2) is 37.1 Å². The Labute approximate surface area is 181 Å². The summed E-state index contributed by atoms with van der Waals surface area (Å²) in [4.78, 5) is 15.0. The van der Waals surface area contributed by atoms with Crippen LogP contribution in [0.2, 0.25) is 5.02 Å². The Bertz CT molecular complexity index is 1000. The summed E-state index contributed by atoms with van der Waals surface area (Å²) < 4.78 is 11.7. The van der Waals surface area contributed by atoms with Crippen molar-refractivity contribution < 1.29 is 13.9 Å². The van der Waals surface area contributed by atoms with Crippen LogP contribution in [-0.2, 0) is 10.3 Å². The number of amides is 1. The van der Waals surface area contributed by atoms with E-state index in [4.69, 9.17) is 20.8 Å². The van der Waals surface area contributed by atoms with Gasteiger partial charge in [-0.3, -0.25) is 4.79 Å². The third-order valence-electron chi connectivity index (χ3n) is 6.88. The largest absolute Gasteiger partial charge is 0.450 e. The topological polar surface area (TPSA) is 66.7 Å². The number of fused-ring (bicyclic) bond motifs is 4. The van der Waals surface area contributed by atoms with Gasteiger partial charge in [-0.1, -0.05) is 37.4 Å². The molecule has 2 fully saturated rings. The maximum atomic E-state index is 13.2. The fourth-order valence-corrected chi connectivity index (χ4v) is 5.61. The van der Waals surface area contributed by atoms with E-state index in [1.54, 1.807) is 7.11 Å². The third kappa shape index (κ3) is 3.17. The van der Waals surface area contributed by atoms with E-state index in [1.807, 2.05) is 17.0 Å². The normalized spacial score (nSPS) is 21.4. The van der Waals surface area contributed by atoms with E-state index in [-0.39, 0.29) is 17.6 Å². The lowest BCUT2D eigenvalue weighted by molar-refractivity contribution is 0.0335. The number of rotatable bonds is 2. The van der Waals surface area contributed by atoms with Crippen LogP contribution in [0.15, 0.2) is 28.9 Å². The van der Waals surface area contributed by atoms with Gasteiger partial charge < -0.3 is 24.7 Å². The van der Waals surface area contributed by atoms with Crippen molar-refractivity contribution in [3.8, 4) is 0 Å². The molecule has 3 aliphatic rings. The predicted molar refractivity (Wildman–Crippen MR) is 118 cm³/mol. The Balaban J connectivity index is 1.56. The van der Waals surface area contributed by atoms with E-state index >= 15 is 0 Å². The van der Waals surface area contributed by atoms with Gasteiger partial charge in [-0.25, -0.2) is 0 Å². The van der Waals surface area contributed by atoms with Gasteiger partial charge in [0.2, 0.25) is 0 Å². The van der Waals surface area contributed by atoms with Crippen molar-refractivity contribution in [2.45, 2.75) is 56.6 Å². The summed E-state index contributed by atoms with van der Waals surface area (Å²) in [6, 6.07) is 3.72. The Morgan fingerprint density at radius 2 is 2.00 bits per heavy atom. The molecule has 0 unspecified atom stereocenters. The fourth-order valence-electron chi connectivity index (χ4n) is 5.35. The van der Waals surface area contributed by atoms with E-state index in [2.05, 4.69) is 17.2 Å². The van der Waals surface area contributed by atoms with Gasteiger partial charge in [0.15, 0.2) is 5.76 Å². The van der Waals surface area contributed by atoms with Crippen LogP contribution in [0.5, 0.6) is 0 Å². The molecule has 1 aromatic carbocycles. The van der Waals surface area contributed by atoms with Gasteiger partial charge in [-0.2, -0.15) is 0 Å². The average molecular weight is 430 g/mol. The van der Waals surface area contributed by atoms with Gasteiger partial charge in [0.05, 0.1) is 28.2 Å². The number of ether oxygens (including phenoxy) is 1. The molecule has 2 aliphatic heterocycles. The molecule has 6 nitrogen and oxygen atoms in total. The summed E-state index contributed by atoms with van der Waals surface area (Å²) in [6.45, 7) is 5.47. The van der Waals surface area contributed by atoms with E-state index < -0.39 is 0 Å². The number of nitrogens with one attached hydrogen (secondary N) is 2. The molecule has 1 aromatic heterocycles. The standard InChI is InChI=1S/C23H28ClN3O3/c1-14-25-20-17(24)12-15-13-18(22(28)27-10-6-16(29-2)7-11-27)30-21(15)19(20)23(26-14)8-4-3-5-9-23/h12-13,16,25-26H,1,3-11H2,2H3. The highest BCUT2D eigenvalue weighted by molar-refractivity contribution is 6.34. The zero-order valence-corrected chi connectivity index (χ0v) is 18.1. The number of benzene rings is 1. The lowest BCUT2D eigenvalue weighted by Gasteiger charge is -2.44. The molecule has 1 saturated carbocycles. The lowest BCUT2D eigenvalue weighted by atomic mass is 9.74. The lowest BCUT2D eigenvalue weighted by Crippen LogP contribution is -2.48. The number of piperidine rings is 1. The minimum Gasteiger partial charge on any atom is -0.450 e. The van der Waals surface area contributed by atoms with Crippen LogP contribution in [0, 0.1) is 0 Å². The highest BCUT2D eigenvalue weighted by Gasteiger charge is 2.42. The maximum Gasteiger partial charge on any atom is 0.289 e. The smallest absolute Gasteiger partial charge is 0.289 e. The Kier molecular flexibility index (Phi) is 4.94. The first-order valence-corrected chi connectivity index (χ1v) is 11.2. The first kappa shape index (κ1) is 19.8. The van der Waals surface area contributed by atoms with Crippen molar-refractivity contribution in [2.24, 2.45) is 0 Å². The van der Waals surface area contributed by atoms with Crippen LogP contribution in [0.25, 0.3) is 11.0 Å². The molecule has 3 heterocycles. The van der Waals surface area contributed by atoms with E-state index in [9.17, 15) is 4.79 Å². The van der Waals surface area contributed by atoms with Gasteiger partial charge in [0.25, 0.3) is 5.91 Å². The Hall–Kier alpha value is -2.18. The molecule has 1 aliphatic carbocycles. The number of halogens is 1. The molecule has 7 heteroatoms. The molecule has 0 bridgehead atoms. The molecule has 5 rings (SSSR count). The van der Waals surface area contributed by atoms with Crippen LogP contribution in [0.1, 0.15) is 61.1 Å². The quantitative estimate of drug-likeness (QED) is 0.704. The third-order valence-corrected chi connectivity index (χ3v) is 7.18. The number of methoxy groups -OCH3 is 1. The number of furan rings is 1. The van der Waals surface area contributed by atoms with Crippen LogP contribution in [0.4, 0.5) is 5.69 Å². The number of anilines is 1. The highest BCUT2D eigenvalue weighted by Crippen LogP contribution is 2.49. The Morgan fingerprint density at radius 1 is 1.27 bits per heavy atom. The number of hydrogen-bond acceptors (Lipinski definition) is 5. The van der Waals surface area contributed by atoms with Gasteiger partial charge in [-0.15, -0.1) is 0 Å². The SMILES string of the molecule is C=C1Nc2c(Cl)cc3cc(C(=O)N4CCC(OC)CC4)oc3c2C2(CCCCC2)N1. The first-order valence-electron chi connectivity index (χ1n) is 10.8. The second-order valence-electron chi connectivity index (χ2n) is 8.74. The van der Waals surface area contributed by atoms with Crippen molar-refractivity contribution >= 4 is 34.2 Å². The van der Waals surface area contributed by atoms with Crippen LogP contribution < -0.4 is 10.6 Å². The van der Waals surface area contributed by atoms with Crippen molar-refractivity contribution in [3.63, 3.8) is 0 Å². The number of carbonyl (C=O) groups is 1. The van der Waals surface area contributed by atoms with E-state index in [0.717, 1.165) is 66.6 Å². The van der Waals surface area contributed by atoms with Crippen LogP contribution >= 0.6 is 11.6 Å². The summed E-state index contributed by atoms with van der Waals surface area (Å²) in [6.07, 6.45) is 7.40. The molecule has 0 atom stereocenters. The van der Waals surface area contributed by atoms with Crippen molar-refractivity contribution in [1.29, 1.82) is 0 Å². The molecular formula is C23H28ClN3O3. The molecule has 2 aromatic rings. The molecule has 1 spiro atoms. The van der Waals surface area contributed by atoms with Crippen molar-refractivity contribution in [3.05, 3.63) is 40.9 Å².